The van der Waals surface area contributed by atoms with Crippen molar-refractivity contribution in [3.63, 3.8) is 0 Å². The van der Waals surface area contributed by atoms with E-state index in [0.717, 1.165) is 42.2 Å². The molecule has 7 heteroatoms. The summed E-state index contributed by atoms with van der Waals surface area (Å²) in [6, 6.07) is 3.73. The summed E-state index contributed by atoms with van der Waals surface area (Å²) in [4.78, 5) is 13.4. The highest BCUT2D eigenvalue weighted by molar-refractivity contribution is 6.04. The monoisotopic (exact) mass is 341 g/mol. The molecule has 0 aromatic carbocycles. The molecule has 3 aromatic heterocycles. The van der Waals surface area contributed by atoms with E-state index >= 15 is 0 Å². The van der Waals surface area contributed by atoms with E-state index in [4.69, 9.17) is 10.5 Å². The minimum absolute atomic E-state index is 0.164. The Kier molecular flexibility index (Phi) is 4.05. The number of imidazole rings is 1. The number of hydrogen-bond donors (Lipinski definition) is 2. The Morgan fingerprint density at radius 3 is 2.76 bits per heavy atom. The highest BCUT2D eigenvalue weighted by Crippen LogP contribution is 2.35. The van der Waals surface area contributed by atoms with Crippen molar-refractivity contribution in [2.45, 2.75) is 50.9 Å². The summed E-state index contributed by atoms with van der Waals surface area (Å²) in [5.74, 6) is 0.933. The van der Waals surface area contributed by atoms with Gasteiger partial charge in [-0.25, -0.2) is 9.97 Å². The molecule has 4 rings (SSSR count). The van der Waals surface area contributed by atoms with Gasteiger partial charge in [-0.1, -0.05) is 19.3 Å². The third kappa shape index (κ3) is 2.63. The number of nitrogens with zero attached hydrogens (tertiary/aromatic N) is 4. The lowest BCUT2D eigenvalue weighted by Crippen LogP contribution is -2.39. The van der Waals surface area contributed by atoms with E-state index in [9.17, 15) is 5.11 Å². The molecule has 1 aliphatic rings. The minimum atomic E-state index is -0.241. The Bertz CT molecular complexity index is 915. The molecule has 132 valence electrons. The van der Waals surface area contributed by atoms with E-state index in [-0.39, 0.29) is 12.2 Å². The topological polar surface area (TPSA) is 99.1 Å². The van der Waals surface area contributed by atoms with Crippen LogP contribution in [0.25, 0.3) is 22.1 Å². The van der Waals surface area contributed by atoms with E-state index < -0.39 is 0 Å². The number of aliphatic hydroxyl groups is 1. The molecule has 0 spiro atoms. The largest absolute Gasteiger partial charge is 0.388 e. The molecular formula is C18H23N5O2. The van der Waals surface area contributed by atoms with Gasteiger partial charge in [0.1, 0.15) is 29.0 Å². The van der Waals surface area contributed by atoms with E-state index in [1.54, 1.807) is 13.3 Å². The van der Waals surface area contributed by atoms with Gasteiger partial charge in [-0.15, -0.1) is 0 Å². The summed E-state index contributed by atoms with van der Waals surface area (Å²) < 4.78 is 7.97. The number of methoxy groups -OCH3 is 1. The van der Waals surface area contributed by atoms with Gasteiger partial charge in [0.25, 0.3) is 0 Å². The zero-order chi connectivity index (χ0) is 17.4. The number of aliphatic hydroxyl groups excluding tert-OH is 1. The summed E-state index contributed by atoms with van der Waals surface area (Å²) in [6.07, 6.45) is 7.28. The number of nitrogens with two attached hydrogens (primary N) is 1. The van der Waals surface area contributed by atoms with Crippen LogP contribution in [0.2, 0.25) is 0 Å². The van der Waals surface area contributed by atoms with Gasteiger partial charge < -0.3 is 20.1 Å². The first-order valence-corrected chi connectivity index (χ1v) is 8.73. The molecule has 0 bridgehead atoms. The lowest BCUT2D eigenvalue weighted by Gasteiger charge is -2.36. The van der Waals surface area contributed by atoms with Crippen molar-refractivity contribution in [2.24, 2.45) is 0 Å². The van der Waals surface area contributed by atoms with Crippen molar-refractivity contribution in [2.75, 3.05) is 12.8 Å². The lowest BCUT2D eigenvalue weighted by atomic mass is 9.84. The molecule has 0 atom stereocenters. The molecule has 0 unspecified atom stereocenters. The second kappa shape index (κ2) is 6.24. The SMILES string of the molecule is COC1(Cn2c(CO)nc3c(N)nc4cccnc4c32)CCCCC1. The fourth-order valence-corrected chi connectivity index (χ4v) is 3.97. The van der Waals surface area contributed by atoms with Crippen LogP contribution in [0.1, 0.15) is 37.9 Å². The lowest BCUT2D eigenvalue weighted by molar-refractivity contribution is -0.0519. The van der Waals surface area contributed by atoms with Crippen LogP contribution in [0.15, 0.2) is 18.3 Å². The normalized spacial score (nSPS) is 17.4. The van der Waals surface area contributed by atoms with Gasteiger partial charge >= 0.3 is 0 Å². The second-order valence-corrected chi connectivity index (χ2v) is 6.79. The summed E-state index contributed by atoms with van der Waals surface area (Å²) in [5.41, 5.74) is 8.79. The highest BCUT2D eigenvalue weighted by Gasteiger charge is 2.34. The van der Waals surface area contributed by atoms with Crippen LogP contribution in [-0.2, 0) is 17.9 Å². The molecule has 3 aromatic rings. The Hall–Kier alpha value is -2.25. The summed E-state index contributed by atoms with van der Waals surface area (Å²) in [7, 11) is 1.77. The number of ether oxygens (including phenoxy) is 1. The minimum Gasteiger partial charge on any atom is -0.388 e. The number of fused-ring (bicyclic) bond motifs is 3. The van der Waals surface area contributed by atoms with Gasteiger partial charge in [0, 0.05) is 13.3 Å². The Labute approximate surface area is 145 Å². The Morgan fingerprint density at radius 2 is 2.04 bits per heavy atom. The molecule has 3 heterocycles. The van der Waals surface area contributed by atoms with Crippen LogP contribution in [0.4, 0.5) is 5.82 Å². The molecule has 0 radical (unpaired) electrons. The summed E-state index contributed by atoms with van der Waals surface area (Å²) >= 11 is 0. The quantitative estimate of drug-likeness (QED) is 0.756. The van der Waals surface area contributed by atoms with Crippen LogP contribution >= 0.6 is 0 Å². The number of aromatic nitrogens is 4. The van der Waals surface area contributed by atoms with E-state index in [0.29, 0.717) is 23.7 Å². The highest BCUT2D eigenvalue weighted by atomic mass is 16.5. The zero-order valence-corrected chi connectivity index (χ0v) is 14.4. The van der Waals surface area contributed by atoms with Crippen LogP contribution in [-0.4, -0.2) is 37.3 Å². The molecular weight excluding hydrogens is 318 g/mol. The fourth-order valence-electron chi connectivity index (χ4n) is 3.97. The molecule has 0 aliphatic heterocycles. The maximum Gasteiger partial charge on any atom is 0.152 e. The second-order valence-electron chi connectivity index (χ2n) is 6.79. The van der Waals surface area contributed by atoms with Crippen LogP contribution < -0.4 is 5.73 Å². The van der Waals surface area contributed by atoms with Gasteiger partial charge in [0.2, 0.25) is 0 Å². The Balaban J connectivity index is 1.95. The molecule has 3 N–H and O–H groups in total. The third-order valence-corrected chi connectivity index (χ3v) is 5.33. The van der Waals surface area contributed by atoms with Gasteiger partial charge in [-0.2, -0.15) is 0 Å². The number of rotatable bonds is 4. The van der Waals surface area contributed by atoms with E-state index in [1.807, 2.05) is 16.7 Å². The van der Waals surface area contributed by atoms with Gasteiger partial charge in [-0.05, 0) is 25.0 Å². The predicted molar refractivity (Wildman–Crippen MR) is 96.0 cm³/mol. The molecule has 1 aliphatic carbocycles. The van der Waals surface area contributed by atoms with Crippen LogP contribution in [0.5, 0.6) is 0 Å². The molecule has 0 amide bonds. The molecule has 25 heavy (non-hydrogen) atoms. The first kappa shape index (κ1) is 16.2. The Morgan fingerprint density at radius 1 is 1.24 bits per heavy atom. The van der Waals surface area contributed by atoms with E-state index in [1.165, 1.54) is 6.42 Å². The summed E-state index contributed by atoms with van der Waals surface area (Å²) in [5, 5.41) is 9.86. The van der Waals surface area contributed by atoms with Gasteiger partial charge in [-0.3, -0.25) is 4.98 Å². The number of hydrogen-bond acceptors (Lipinski definition) is 6. The molecule has 1 saturated carbocycles. The van der Waals surface area contributed by atoms with Gasteiger partial charge in [0.15, 0.2) is 5.82 Å². The third-order valence-electron chi connectivity index (χ3n) is 5.33. The van der Waals surface area contributed by atoms with Crippen molar-refractivity contribution in [1.29, 1.82) is 0 Å². The predicted octanol–water partition coefficient (Wildman–Crippen LogP) is 2.40. The molecule has 7 nitrogen and oxygen atoms in total. The number of nitrogen functional groups attached to an aromatic ring is 1. The van der Waals surface area contributed by atoms with Crippen molar-refractivity contribution >= 4 is 27.9 Å². The summed E-state index contributed by atoms with van der Waals surface area (Å²) in [6.45, 7) is 0.466. The van der Waals surface area contributed by atoms with Crippen molar-refractivity contribution in [1.82, 2.24) is 19.5 Å². The number of pyridine rings is 2. The van der Waals surface area contributed by atoms with Crippen molar-refractivity contribution < 1.29 is 9.84 Å². The average molecular weight is 341 g/mol. The standard InChI is InChI=1S/C18H23N5O2/c1-25-18(7-3-2-4-8-18)11-23-13(10-24)22-15-16(23)14-12(21-17(15)19)6-5-9-20-14/h5-6,9,24H,2-4,7-8,10-11H2,1H3,(H2,19,21). The van der Waals surface area contributed by atoms with E-state index in [2.05, 4.69) is 15.0 Å². The van der Waals surface area contributed by atoms with Gasteiger partial charge in [0.05, 0.1) is 17.7 Å². The first-order chi connectivity index (χ1) is 12.2. The van der Waals surface area contributed by atoms with Crippen LogP contribution in [0.3, 0.4) is 0 Å². The first-order valence-electron chi connectivity index (χ1n) is 8.73. The van der Waals surface area contributed by atoms with Crippen molar-refractivity contribution in [3.05, 3.63) is 24.2 Å². The molecule has 1 fully saturated rings. The average Bonchev–Trinajstić information content (AvgIpc) is 3.02. The number of anilines is 1. The maximum atomic E-state index is 9.86. The maximum absolute atomic E-state index is 9.86. The molecule has 0 saturated heterocycles. The fraction of sp³-hybridized carbons (Fsp3) is 0.500. The van der Waals surface area contributed by atoms with Crippen LogP contribution in [0, 0.1) is 0 Å². The van der Waals surface area contributed by atoms with Crippen molar-refractivity contribution in [3.8, 4) is 0 Å². The zero-order valence-electron chi connectivity index (χ0n) is 14.4. The smallest absolute Gasteiger partial charge is 0.152 e.